The lowest BCUT2D eigenvalue weighted by molar-refractivity contribution is -0.124. The Balaban J connectivity index is 1.64. The largest absolute Gasteiger partial charge is 0.351 e. The number of carbonyl (C=O) groups is 2. The van der Waals surface area contributed by atoms with Gasteiger partial charge < -0.3 is 15.5 Å². The number of urea groups is 1. The van der Waals surface area contributed by atoms with E-state index in [1.807, 2.05) is 0 Å². The molecule has 0 aromatic carbocycles. The molecule has 0 bridgehead atoms. The fraction of sp³-hybridized carbons (Fsp3) is 0.750. The zero-order valence-corrected chi connectivity index (χ0v) is 12.5. The maximum absolute atomic E-state index is 12.4. The van der Waals surface area contributed by atoms with Crippen molar-refractivity contribution in [3.05, 3.63) is 12.2 Å². The molecule has 2 aliphatic heterocycles. The van der Waals surface area contributed by atoms with Gasteiger partial charge in [0.15, 0.2) is 0 Å². The molecular weight excluding hydrogens is 266 g/mol. The van der Waals surface area contributed by atoms with Crippen molar-refractivity contribution in [3.8, 4) is 0 Å². The van der Waals surface area contributed by atoms with Crippen LogP contribution >= 0.6 is 0 Å². The number of amides is 3. The molecule has 2 N–H and O–H groups in total. The lowest BCUT2D eigenvalue weighted by atomic mass is 10.2. The monoisotopic (exact) mass is 291 g/mol. The van der Waals surface area contributed by atoms with Gasteiger partial charge >= 0.3 is 6.03 Å². The first-order valence-electron chi connectivity index (χ1n) is 8.27. The molecule has 2 fully saturated rings. The third kappa shape index (κ3) is 3.57. The minimum atomic E-state index is -0.277. The van der Waals surface area contributed by atoms with E-state index in [1.165, 1.54) is 6.42 Å². The molecule has 2 heterocycles. The number of nitrogens with one attached hydrogen (secondary N) is 2. The van der Waals surface area contributed by atoms with Crippen molar-refractivity contribution in [2.45, 2.75) is 57.0 Å². The predicted molar refractivity (Wildman–Crippen MR) is 80.8 cm³/mol. The van der Waals surface area contributed by atoms with Gasteiger partial charge in [-0.25, -0.2) is 4.79 Å². The average molecular weight is 291 g/mol. The molecule has 3 amide bonds. The standard InChI is InChI=1S/C16H25N3O2/c20-15-14-8-6-10-19(14)16(21)17-9-5-3-1-2-4-7-12-11-13(12)18-15/h4,7,12-14H,1-3,5-6,8-11H2,(H,17,21)(H,18,20)/b7-4-/t12-,13?,14?/m1/s1. The number of hydrogen-bond acceptors (Lipinski definition) is 2. The Hall–Kier alpha value is -1.52. The number of carbonyl (C=O) groups excluding carboxylic acids is 2. The van der Waals surface area contributed by atoms with Crippen LogP contribution in [0.2, 0.25) is 0 Å². The number of rotatable bonds is 0. The Morgan fingerprint density at radius 2 is 2.05 bits per heavy atom. The minimum absolute atomic E-state index is 0.0263. The smallest absolute Gasteiger partial charge is 0.318 e. The molecule has 0 aromatic rings. The molecular formula is C16H25N3O2. The molecule has 116 valence electrons. The van der Waals surface area contributed by atoms with E-state index in [-0.39, 0.29) is 24.0 Å². The second-order valence-electron chi connectivity index (χ2n) is 6.38. The van der Waals surface area contributed by atoms with E-state index >= 15 is 0 Å². The first kappa shape index (κ1) is 14.4. The van der Waals surface area contributed by atoms with Gasteiger partial charge in [0, 0.05) is 19.1 Å². The maximum atomic E-state index is 12.4. The Morgan fingerprint density at radius 1 is 1.14 bits per heavy atom. The highest BCUT2D eigenvalue weighted by atomic mass is 16.2. The Bertz CT molecular complexity index is 435. The van der Waals surface area contributed by atoms with E-state index in [4.69, 9.17) is 0 Å². The first-order valence-corrected chi connectivity index (χ1v) is 8.27. The van der Waals surface area contributed by atoms with Crippen LogP contribution in [0.3, 0.4) is 0 Å². The van der Waals surface area contributed by atoms with Crippen LogP contribution in [0.4, 0.5) is 4.79 Å². The van der Waals surface area contributed by atoms with Gasteiger partial charge in [-0.15, -0.1) is 0 Å². The second-order valence-corrected chi connectivity index (χ2v) is 6.38. The summed E-state index contributed by atoms with van der Waals surface area (Å²) in [5.41, 5.74) is 0. The number of fused-ring (bicyclic) bond motifs is 2. The van der Waals surface area contributed by atoms with Crippen molar-refractivity contribution in [3.63, 3.8) is 0 Å². The SMILES string of the molecule is O=C1NC2C[C@H]2/C=C\CCCCCNC(=O)N2CCCC12. The van der Waals surface area contributed by atoms with Crippen LogP contribution in [0.1, 0.15) is 44.9 Å². The molecule has 3 aliphatic rings. The van der Waals surface area contributed by atoms with E-state index in [0.717, 1.165) is 38.5 Å². The van der Waals surface area contributed by atoms with Crippen molar-refractivity contribution in [1.82, 2.24) is 15.5 Å². The Morgan fingerprint density at radius 3 is 2.95 bits per heavy atom. The van der Waals surface area contributed by atoms with E-state index in [0.29, 0.717) is 19.0 Å². The van der Waals surface area contributed by atoms with Gasteiger partial charge in [-0.1, -0.05) is 18.6 Å². The van der Waals surface area contributed by atoms with Crippen molar-refractivity contribution in [1.29, 1.82) is 0 Å². The highest BCUT2D eigenvalue weighted by Crippen LogP contribution is 2.32. The third-order valence-electron chi connectivity index (χ3n) is 4.69. The van der Waals surface area contributed by atoms with Crippen LogP contribution in [-0.4, -0.2) is 42.0 Å². The summed E-state index contributed by atoms with van der Waals surface area (Å²) in [6.45, 7) is 1.40. The Labute approximate surface area is 126 Å². The fourth-order valence-corrected chi connectivity index (χ4v) is 3.29. The quantitative estimate of drug-likeness (QED) is 0.669. The first-order chi connectivity index (χ1) is 10.3. The van der Waals surface area contributed by atoms with Crippen molar-refractivity contribution >= 4 is 11.9 Å². The van der Waals surface area contributed by atoms with Crippen molar-refractivity contribution < 1.29 is 9.59 Å². The molecule has 0 radical (unpaired) electrons. The van der Waals surface area contributed by atoms with Gasteiger partial charge in [0.2, 0.25) is 5.91 Å². The zero-order valence-electron chi connectivity index (χ0n) is 12.5. The Kier molecular flexibility index (Phi) is 4.46. The topological polar surface area (TPSA) is 61.4 Å². The average Bonchev–Trinajstić information content (AvgIpc) is 3.01. The molecule has 1 saturated carbocycles. The van der Waals surface area contributed by atoms with Crippen LogP contribution < -0.4 is 10.6 Å². The van der Waals surface area contributed by atoms with Crippen LogP contribution in [0.25, 0.3) is 0 Å². The molecule has 5 nitrogen and oxygen atoms in total. The summed E-state index contributed by atoms with van der Waals surface area (Å²) in [6.07, 6.45) is 11.7. The lowest BCUT2D eigenvalue weighted by Gasteiger charge is -2.24. The fourth-order valence-electron chi connectivity index (χ4n) is 3.29. The minimum Gasteiger partial charge on any atom is -0.351 e. The molecule has 5 heteroatoms. The van der Waals surface area contributed by atoms with Crippen LogP contribution in [0, 0.1) is 5.92 Å². The summed E-state index contributed by atoms with van der Waals surface area (Å²) in [5, 5.41) is 6.06. The summed E-state index contributed by atoms with van der Waals surface area (Å²) in [7, 11) is 0. The van der Waals surface area contributed by atoms with Crippen molar-refractivity contribution in [2.24, 2.45) is 5.92 Å². The predicted octanol–water partition coefficient (Wildman–Crippen LogP) is 1.80. The van der Waals surface area contributed by atoms with Crippen LogP contribution in [0.15, 0.2) is 12.2 Å². The van der Waals surface area contributed by atoms with Gasteiger partial charge in [0.05, 0.1) is 0 Å². The number of nitrogens with zero attached hydrogens (tertiary/aromatic N) is 1. The molecule has 1 saturated heterocycles. The molecule has 3 rings (SSSR count). The maximum Gasteiger partial charge on any atom is 0.318 e. The normalized spacial score (nSPS) is 35.6. The molecule has 2 unspecified atom stereocenters. The summed E-state index contributed by atoms with van der Waals surface area (Å²) in [6, 6.07) is -0.0715. The van der Waals surface area contributed by atoms with E-state index in [1.54, 1.807) is 4.90 Å². The summed E-state index contributed by atoms with van der Waals surface area (Å²) < 4.78 is 0. The molecule has 1 aliphatic carbocycles. The highest BCUT2D eigenvalue weighted by Gasteiger charge is 2.40. The number of hydrogen-bond donors (Lipinski definition) is 2. The summed E-state index contributed by atoms with van der Waals surface area (Å²) >= 11 is 0. The molecule has 21 heavy (non-hydrogen) atoms. The van der Waals surface area contributed by atoms with E-state index in [2.05, 4.69) is 22.8 Å². The zero-order chi connectivity index (χ0) is 14.7. The van der Waals surface area contributed by atoms with Gasteiger partial charge in [0.25, 0.3) is 0 Å². The summed E-state index contributed by atoms with van der Waals surface area (Å²) in [5.74, 6) is 0.529. The summed E-state index contributed by atoms with van der Waals surface area (Å²) in [4.78, 5) is 26.3. The lowest BCUT2D eigenvalue weighted by Crippen LogP contribution is -2.50. The van der Waals surface area contributed by atoms with Crippen molar-refractivity contribution in [2.75, 3.05) is 13.1 Å². The van der Waals surface area contributed by atoms with Gasteiger partial charge in [0.1, 0.15) is 6.04 Å². The van der Waals surface area contributed by atoms with E-state index in [9.17, 15) is 9.59 Å². The van der Waals surface area contributed by atoms with Crippen LogP contribution in [0.5, 0.6) is 0 Å². The second kappa shape index (κ2) is 6.50. The van der Waals surface area contributed by atoms with Gasteiger partial charge in [-0.2, -0.15) is 0 Å². The highest BCUT2D eigenvalue weighted by molar-refractivity contribution is 5.88. The third-order valence-corrected chi connectivity index (χ3v) is 4.69. The molecule has 0 aromatic heterocycles. The molecule has 3 atom stereocenters. The van der Waals surface area contributed by atoms with Gasteiger partial charge in [-0.3, -0.25) is 4.79 Å². The van der Waals surface area contributed by atoms with Gasteiger partial charge in [-0.05, 0) is 44.4 Å². The number of allylic oxidation sites excluding steroid dienone is 1. The molecule has 0 spiro atoms. The van der Waals surface area contributed by atoms with Crippen LogP contribution in [-0.2, 0) is 4.79 Å². The van der Waals surface area contributed by atoms with E-state index < -0.39 is 0 Å².